The molecule has 0 spiro atoms. The standard InChI is InChI=1S/C23H21N5O3S/c1-3-30-18-8-6-16(7-9-18)28-26-20-13-15(2)19(14-21(20)27-28)24-23(32)25-22(29)11-10-17-5-4-12-31-17/h4-14H,3H2,1-2H3,(H2,24,25,29,32). The Bertz CT molecular complexity index is 1280. The minimum absolute atomic E-state index is 0.181. The average molecular weight is 448 g/mol. The molecule has 2 heterocycles. The zero-order valence-corrected chi connectivity index (χ0v) is 18.3. The van der Waals surface area contributed by atoms with Gasteiger partial charge in [-0.15, -0.1) is 10.2 Å². The SMILES string of the molecule is CCOc1ccc(-n2nc3cc(C)c(NC(=S)NC(=O)C=Cc4ccco4)cc3n2)cc1. The fourth-order valence-corrected chi connectivity index (χ4v) is 3.22. The smallest absolute Gasteiger partial charge is 0.250 e. The van der Waals surface area contributed by atoms with Crippen molar-refractivity contribution in [1.29, 1.82) is 0 Å². The number of hydrogen-bond acceptors (Lipinski definition) is 6. The molecule has 4 rings (SSSR count). The molecule has 0 bridgehead atoms. The van der Waals surface area contributed by atoms with Gasteiger partial charge in [0, 0.05) is 11.8 Å². The maximum atomic E-state index is 12.1. The molecule has 0 aliphatic heterocycles. The van der Waals surface area contributed by atoms with E-state index in [-0.39, 0.29) is 11.0 Å². The topological polar surface area (TPSA) is 94.2 Å². The highest BCUT2D eigenvalue weighted by atomic mass is 32.1. The van der Waals surface area contributed by atoms with Gasteiger partial charge in [-0.2, -0.15) is 4.80 Å². The van der Waals surface area contributed by atoms with Crippen LogP contribution in [-0.2, 0) is 4.79 Å². The second-order valence-corrected chi connectivity index (χ2v) is 7.27. The number of carbonyl (C=O) groups excluding carboxylic acids is 1. The van der Waals surface area contributed by atoms with Crippen LogP contribution in [0.3, 0.4) is 0 Å². The van der Waals surface area contributed by atoms with Crippen molar-refractivity contribution in [3.8, 4) is 11.4 Å². The number of nitrogens with one attached hydrogen (secondary N) is 2. The summed E-state index contributed by atoms with van der Waals surface area (Å²) in [6, 6.07) is 14.8. The van der Waals surface area contributed by atoms with E-state index in [0.29, 0.717) is 17.9 Å². The molecule has 0 radical (unpaired) electrons. The number of fused-ring (bicyclic) bond motifs is 1. The molecule has 0 aliphatic rings. The summed E-state index contributed by atoms with van der Waals surface area (Å²) in [5, 5.41) is 15.0. The molecule has 0 atom stereocenters. The molecular formula is C23H21N5O3S. The maximum absolute atomic E-state index is 12.1. The number of furan rings is 1. The lowest BCUT2D eigenvalue weighted by molar-refractivity contribution is -0.115. The van der Waals surface area contributed by atoms with Gasteiger partial charge in [-0.1, -0.05) is 0 Å². The zero-order chi connectivity index (χ0) is 22.5. The molecule has 0 saturated carbocycles. The summed E-state index contributed by atoms with van der Waals surface area (Å²) in [5.41, 5.74) is 3.91. The molecule has 0 unspecified atom stereocenters. The van der Waals surface area contributed by atoms with Crippen LogP contribution in [0.4, 0.5) is 5.69 Å². The predicted octanol–water partition coefficient (Wildman–Crippen LogP) is 4.25. The number of aryl methyl sites for hydroxylation is 1. The third-order valence-corrected chi connectivity index (χ3v) is 4.74. The summed E-state index contributed by atoms with van der Waals surface area (Å²) in [5.74, 6) is 1.01. The summed E-state index contributed by atoms with van der Waals surface area (Å²) < 4.78 is 10.6. The van der Waals surface area contributed by atoms with E-state index in [0.717, 1.165) is 28.2 Å². The Morgan fingerprint density at radius 3 is 2.62 bits per heavy atom. The van der Waals surface area contributed by atoms with E-state index in [2.05, 4.69) is 20.8 Å². The largest absolute Gasteiger partial charge is 0.494 e. The molecular weight excluding hydrogens is 426 g/mol. The zero-order valence-electron chi connectivity index (χ0n) is 17.5. The molecule has 0 saturated heterocycles. The van der Waals surface area contributed by atoms with Crippen molar-refractivity contribution in [2.45, 2.75) is 13.8 Å². The first-order chi connectivity index (χ1) is 15.5. The Hall–Kier alpha value is -3.98. The van der Waals surface area contributed by atoms with Crippen molar-refractivity contribution in [3.05, 3.63) is 72.2 Å². The van der Waals surface area contributed by atoms with Crippen molar-refractivity contribution < 1.29 is 13.9 Å². The van der Waals surface area contributed by atoms with Gasteiger partial charge in [0.2, 0.25) is 5.91 Å². The average Bonchev–Trinajstić information content (AvgIpc) is 3.43. The van der Waals surface area contributed by atoms with Crippen molar-refractivity contribution >= 4 is 46.0 Å². The highest BCUT2D eigenvalue weighted by Crippen LogP contribution is 2.23. The van der Waals surface area contributed by atoms with Gasteiger partial charge < -0.3 is 14.5 Å². The summed E-state index contributed by atoms with van der Waals surface area (Å²) in [7, 11) is 0. The van der Waals surface area contributed by atoms with Crippen molar-refractivity contribution in [1.82, 2.24) is 20.3 Å². The minimum atomic E-state index is -0.362. The van der Waals surface area contributed by atoms with Crippen LogP contribution in [0.25, 0.3) is 22.8 Å². The first-order valence-electron chi connectivity index (χ1n) is 9.96. The number of rotatable bonds is 6. The van der Waals surface area contributed by atoms with E-state index >= 15 is 0 Å². The normalized spacial score (nSPS) is 11.1. The molecule has 2 N–H and O–H groups in total. The molecule has 8 nitrogen and oxygen atoms in total. The van der Waals surface area contributed by atoms with E-state index in [1.807, 2.05) is 50.2 Å². The van der Waals surface area contributed by atoms with E-state index in [4.69, 9.17) is 21.4 Å². The van der Waals surface area contributed by atoms with Crippen molar-refractivity contribution in [2.24, 2.45) is 0 Å². The first kappa shape index (κ1) is 21.3. The summed E-state index contributed by atoms with van der Waals surface area (Å²) in [4.78, 5) is 13.6. The van der Waals surface area contributed by atoms with E-state index in [1.165, 1.54) is 12.3 Å². The van der Waals surface area contributed by atoms with Gasteiger partial charge >= 0.3 is 0 Å². The van der Waals surface area contributed by atoms with Gasteiger partial charge in [0.15, 0.2) is 5.11 Å². The number of amides is 1. The van der Waals surface area contributed by atoms with Crippen LogP contribution in [0, 0.1) is 6.92 Å². The molecule has 4 aromatic rings. The van der Waals surface area contributed by atoms with Crippen LogP contribution < -0.4 is 15.4 Å². The highest BCUT2D eigenvalue weighted by Gasteiger charge is 2.10. The number of nitrogens with zero attached hydrogens (tertiary/aromatic N) is 3. The van der Waals surface area contributed by atoms with Gasteiger partial charge in [0.25, 0.3) is 0 Å². The Kier molecular flexibility index (Phi) is 6.27. The quantitative estimate of drug-likeness (QED) is 0.337. The van der Waals surface area contributed by atoms with Crippen LogP contribution in [-0.4, -0.2) is 32.6 Å². The second-order valence-electron chi connectivity index (χ2n) is 6.86. The molecule has 162 valence electrons. The van der Waals surface area contributed by atoms with Crippen molar-refractivity contribution in [3.63, 3.8) is 0 Å². The Morgan fingerprint density at radius 2 is 1.94 bits per heavy atom. The highest BCUT2D eigenvalue weighted by molar-refractivity contribution is 7.80. The van der Waals surface area contributed by atoms with Gasteiger partial charge in [-0.25, -0.2) is 0 Å². The fraction of sp³-hybridized carbons (Fsp3) is 0.130. The van der Waals surface area contributed by atoms with Crippen LogP contribution in [0.2, 0.25) is 0 Å². The third kappa shape index (κ3) is 5.01. The molecule has 32 heavy (non-hydrogen) atoms. The second kappa shape index (κ2) is 9.44. The first-order valence-corrected chi connectivity index (χ1v) is 10.4. The van der Waals surface area contributed by atoms with Gasteiger partial charge in [0.1, 0.15) is 22.5 Å². The number of aromatic nitrogens is 3. The number of hydrogen-bond donors (Lipinski definition) is 2. The predicted molar refractivity (Wildman–Crippen MR) is 127 cm³/mol. The summed E-state index contributed by atoms with van der Waals surface area (Å²) in [6.45, 7) is 4.48. The van der Waals surface area contributed by atoms with E-state index in [9.17, 15) is 4.79 Å². The summed E-state index contributed by atoms with van der Waals surface area (Å²) in [6.07, 6.45) is 4.45. The molecule has 0 fully saturated rings. The van der Waals surface area contributed by atoms with Gasteiger partial charge in [0.05, 0.1) is 18.6 Å². The molecule has 2 aromatic heterocycles. The van der Waals surface area contributed by atoms with Crippen LogP contribution >= 0.6 is 12.2 Å². The maximum Gasteiger partial charge on any atom is 0.250 e. The minimum Gasteiger partial charge on any atom is -0.494 e. The Morgan fingerprint density at radius 1 is 1.19 bits per heavy atom. The summed E-state index contributed by atoms with van der Waals surface area (Å²) >= 11 is 5.27. The van der Waals surface area contributed by atoms with Crippen LogP contribution in [0.1, 0.15) is 18.2 Å². The molecule has 9 heteroatoms. The number of benzene rings is 2. The van der Waals surface area contributed by atoms with E-state index < -0.39 is 0 Å². The molecule has 2 aromatic carbocycles. The lowest BCUT2D eigenvalue weighted by atomic mass is 10.2. The van der Waals surface area contributed by atoms with Crippen molar-refractivity contribution in [2.75, 3.05) is 11.9 Å². The van der Waals surface area contributed by atoms with E-state index in [1.54, 1.807) is 23.0 Å². The van der Waals surface area contributed by atoms with Crippen LogP contribution in [0.5, 0.6) is 5.75 Å². The third-order valence-electron chi connectivity index (χ3n) is 4.53. The fourth-order valence-electron chi connectivity index (χ4n) is 3.01. The van der Waals surface area contributed by atoms with Gasteiger partial charge in [-0.3, -0.25) is 10.1 Å². The number of carbonyl (C=O) groups is 1. The van der Waals surface area contributed by atoms with Gasteiger partial charge in [-0.05, 0) is 86.2 Å². The van der Waals surface area contributed by atoms with Crippen LogP contribution in [0.15, 0.2) is 65.3 Å². The number of thiocarbonyl (C=S) groups is 1. The molecule has 1 amide bonds. The number of ether oxygens (including phenoxy) is 1. The Balaban J connectivity index is 1.46. The molecule has 0 aliphatic carbocycles. The lowest BCUT2D eigenvalue weighted by Crippen LogP contribution is -2.33. The lowest BCUT2D eigenvalue weighted by Gasteiger charge is -2.10. The number of anilines is 1. The Labute approximate surface area is 189 Å². The monoisotopic (exact) mass is 447 g/mol.